The van der Waals surface area contributed by atoms with E-state index in [1.807, 2.05) is 11.9 Å². The van der Waals surface area contributed by atoms with E-state index in [0.717, 1.165) is 12.8 Å². The minimum atomic E-state index is -0.0260. The van der Waals surface area contributed by atoms with Crippen LogP contribution in [0.25, 0.3) is 0 Å². The van der Waals surface area contributed by atoms with Crippen LogP contribution in [0.2, 0.25) is 10.0 Å². The molecule has 2 aromatic rings. The summed E-state index contributed by atoms with van der Waals surface area (Å²) in [6.07, 6.45) is 3.08. The number of benzene rings is 1. The number of carbonyl (C=O) groups excluding carboxylic acids is 1. The number of rotatable bonds is 5. The average Bonchev–Trinajstić information content (AvgIpc) is 2.70. The molecule has 2 heterocycles. The molecule has 0 aliphatic carbocycles. The van der Waals surface area contributed by atoms with Crippen LogP contribution in [0, 0.1) is 11.3 Å². The number of likely N-dealkylation sites (tertiary alicyclic amines) is 1. The molecule has 1 aromatic heterocycles. The van der Waals surface area contributed by atoms with Gasteiger partial charge in [0.05, 0.1) is 6.54 Å². The van der Waals surface area contributed by atoms with Crippen molar-refractivity contribution in [3.8, 4) is 6.07 Å². The Hall–Kier alpha value is -2.76. The van der Waals surface area contributed by atoms with Crippen LogP contribution in [0.15, 0.2) is 24.5 Å². The third kappa shape index (κ3) is 5.00. The van der Waals surface area contributed by atoms with Crippen LogP contribution < -0.4 is 16.0 Å². The van der Waals surface area contributed by atoms with Crippen LogP contribution in [0.3, 0.4) is 0 Å². The summed E-state index contributed by atoms with van der Waals surface area (Å²) < 4.78 is 0. The standard InChI is InChI=1S/C19H21Cl2N7O/c1-27(19-16(8-22)18(23)25-11-26-19)15-3-2-4-28(10-15)17(29)9-24-14-6-12(20)5-13(21)7-14/h5-7,11,15,24H,2-4,9-10H2,1H3,(H2,23,25,26)/t15-/m0/s1. The Labute approximate surface area is 179 Å². The zero-order valence-corrected chi connectivity index (χ0v) is 17.4. The van der Waals surface area contributed by atoms with E-state index in [0.29, 0.717) is 34.6 Å². The number of nitrogens with one attached hydrogen (secondary N) is 1. The number of nitriles is 1. The first-order chi connectivity index (χ1) is 13.9. The Morgan fingerprint density at radius 1 is 1.38 bits per heavy atom. The van der Waals surface area contributed by atoms with Crippen molar-refractivity contribution in [3.63, 3.8) is 0 Å². The van der Waals surface area contributed by atoms with E-state index in [2.05, 4.69) is 21.4 Å². The number of likely N-dealkylation sites (N-methyl/N-ethyl adjacent to an activating group) is 1. The second-order valence-electron chi connectivity index (χ2n) is 6.83. The summed E-state index contributed by atoms with van der Waals surface area (Å²) in [6, 6.07) is 7.16. The summed E-state index contributed by atoms with van der Waals surface area (Å²) in [7, 11) is 1.85. The highest BCUT2D eigenvalue weighted by molar-refractivity contribution is 6.35. The first kappa shape index (κ1) is 21.0. The van der Waals surface area contributed by atoms with Crippen LogP contribution >= 0.6 is 23.2 Å². The van der Waals surface area contributed by atoms with Gasteiger partial charge in [0.2, 0.25) is 5.91 Å². The molecule has 8 nitrogen and oxygen atoms in total. The van der Waals surface area contributed by atoms with Gasteiger partial charge in [-0.1, -0.05) is 23.2 Å². The largest absolute Gasteiger partial charge is 0.382 e. The average molecular weight is 434 g/mol. The molecule has 3 N–H and O–H groups in total. The Balaban J connectivity index is 1.65. The number of nitrogen functional groups attached to an aromatic ring is 1. The molecule has 1 aliphatic rings. The van der Waals surface area contributed by atoms with Crippen LogP contribution in [0.5, 0.6) is 0 Å². The molecular weight excluding hydrogens is 413 g/mol. The van der Waals surface area contributed by atoms with Crippen molar-refractivity contribution in [1.29, 1.82) is 5.26 Å². The molecule has 1 amide bonds. The van der Waals surface area contributed by atoms with Crippen molar-refractivity contribution < 1.29 is 4.79 Å². The summed E-state index contributed by atoms with van der Waals surface area (Å²) in [5.41, 5.74) is 6.74. The number of hydrogen-bond donors (Lipinski definition) is 2. The van der Waals surface area contributed by atoms with Gasteiger partial charge in [0, 0.05) is 41.9 Å². The summed E-state index contributed by atoms with van der Waals surface area (Å²) in [4.78, 5) is 24.5. The van der Waals surface area contributed by atoms with E-state index < -0.39 is 0 Å². The molecule has 0 spiro atoms. The Kier molecular flexibility index (Phi) is 6.62. The smallest absolute Gasteiger partial charge is 0.241 e. The number of anilines is 3. The van der Waals surface area contributed by atoms with E-state index in [1.165, 1.54) is 6.33 Å². The second kappa shape index (κ2) is 9.16. The lowest BCUT2D eigenvalue weighted by Crippen LogP contribution is -2.50. The normalized spacial score (nSPS) is 16.2. The number of carbonyl (C=O) groups is 1. The van der Waals surface area contributed by atoms with Gasteiger partial charge in [-0.15, -0.1) is 0 Å². The predicted molar refractivity (Wildman–Crippen MR) is 114 cm³/mol. The number of aromatic nitrogens is 2. The highest BCUT2D eigenvalue weighted by Gasteiger charge is 2.28. The minimum Gasteiger partial charge on any atom is -0.382 e. The molecule has 29 heavy (non-hydrogen) atoms. The lowest BCUT2D eigenvalue weighted by atomic mass is 10.0. The van der Waals surface area contributed by atoms with E-state index in [-0.39, 0.29) is 29.9 Å². The molecule has 0 radical (unpaired) electrons. The van der Waals surface area contributed by atoms with Crippen LogP contribution in [-0.2, 0) is 4.79 Å². The molecule has 0 saturated carbocycles. The lowest BCUT2D eigenvalue weighted by molar-refractivity contribution is -0.130. The fraction of sp³-hybridized carbons (Fsp3) is 0.368. The van der Waals surface area contributed by atoms with Crippen molar-refractivity contribution in [1.82, 2.24) is 14.9 Å². The Morgan fingerprint density at radius 2 is 2.10 bits per heavy atom. The van der Waals surface area contributed by atoms with Crippen molar-refractivity contribution in [3.05, 3.63) is 40.1 Å². The molecule has 1 fully saturated rings. The number of halogens is 2. The van der Waals surface area contributed by atoms with Gasteiger partial charge in [-0.3, -0.25) is 4.79 Å². The molecular formula is C19H21Cl2N7O. The highest BCUT2D eigenvalue weighted by Crippen LogP contribution is 2.25. The zero-order chi connectivity index (χ0) is 21.0. The first-order valence-electron chi connectivity index (χ1n) is 9.10. The summed E-state index contributed by atoms with van der Waals surface area (Å²) in [5.74, 6) is 0.602. The quantitative estimate of drug-likeness (QED) is 0.745. The Bertz CT molecular complexity index is 926. The van der Waals surface area contributed by atoms with Gasteiger partial charge >= 0.3 is 0 Å². The fourth-order valence-electron chi connectivity index (χ4n) is 3.38. The van der Waals surface area contributed by atoms with Gasteiger partial charge in [0.1, 0.15) is 23.8 Å². The number of amides is 1. The molecule has 0 unspecified atom stereocenters. The van der Waals surface area contributed by atoms with Gasteiger partial charge < -0.3 is 20.9 Å². The van der Waals surface area contributed by atoms with Crippen molar-refractivity contribution in [2.45, 2.75) is 18.9 Å². The number of hydrogen-bond acceptors (Lipinski definition) is 7. The first-order valence-corrected chi connectivity index (χ1v) is 9.85. The number of piperidine rings is 1. The molecule has 0 bridgehead atoms. The highest BCUT2D eigenvalue weighted by atomic mass is 35.5. The van der Waals surface area contributed by atoms with Crippen LogP contribution in [0.1, 0.15) is 18.4 Å². The third-order valence-corrected chi connectivity index (χ3v) is 5.34. The number of nitrogens with two attached hydrogens (primary N) is 1. The molecule has 152 valence electrons. The predicted octanol–water partition coefficient (Wildman–Crippen LogP) is 2.78. The summed E-state index contributed by atoms with van der Waals surface area (Å²) in [6.45, 7) is 1.34. The van der Waals surface area contributed by atoms with Gasteiger partial charge in [0.25, 0.3) is 0 Å². The maximum Gasteiger partial charge on any atom is 0.241 e. The molecule has 10 heteroatoms. The van der Waals surface area contributed by atoms with E-state index in [1.54, 1.807) is 23.1 Å². The van der Waals surface area contributed by atoms with Crippen molar-refractivity contribution in [2.75, 3.05) is 42.6 Å². The van der Waals surface area contributed by atoms with E-state index in [4.69, 9.17) is 28.9 Å². The monoisotopic (exact) mass is 433 g/mol. The van der Waals surface area contributed by atoms with Crippen LogP contribution in [0.4, 0.5) is 17.3 Å². The molecule has 1 aliphatic heterocycles. The summed E-state index contributed by atoms with van der Waals surface area (Å²) >= 11 is 12.0. The topological polar surface area (TPSA) is 111 Å². The van der Waals surface area contributed by atoms with E-state index >= 15 is 0 Å². The second-order valence-corrected chi connectivity index (χ2v) is 7.70. The Morgan fingerprint density at radius 3 is 2.79 bits per heavy atom. The molecule has 3 rings (SSSR count). The third-order valence-electron chi connectivity index (χ3n) is 4.91. The van der Waals surface area contributed by atoms with Gasteiger partial charge in [-0.05, 0) is 31.0 Å². The lowest BCUT2D eigenvalue weighted by Gasteiger charge is -2.38. The van der Waals surface area contributed by atoms with Gasteiger partial charge in [-0.25, -0.2) is 9.97 Å². The SMILES string of the molecule is CN(c1ncnc(N)c1C#N)[C@H]1CCCN(C(=O)CNc2cc(Cl)cc(Cl)c2)C1. The van der Waals surface area contributed by atoms with Crippen molar-refractivity contribution in [2.24, 2.45) is 0 Å². The van der Waals surface area contributed by atoms with Gasteiger partial charge in [0.15, 0.2) is 5.82 Å². The summed E-state index contributed by atoms with van der Waals surface area (Å²) in [5, 5.41) is 13.5. The maximum absolute atomic E-state index is 12.7. The van der Waals surface area contributed by atoms with Gasteiger partial charge in [-0.2, -0.15) is 5.26 Å². The fourth-order valence-corrected chi connectivity index (χ4v) is 3.91. The molecule has 1 aromatic carbocycles. The number of nitrogens with zero attached hydrogens (tertiary/aromatic N) is 5. The molecule has 1 atom stereocenters. The maximum atomic E-state index is 12.7. The van der Waals surface area contributed by atoms with E-state index in [9.17, 15) is 10.1 Å². The van der Waals surface area contributed by atoms with Crippen LogP contribution in [-0.4, -0.2) is 53.5 Å². The van der Waals surface area contributed by atoms with Crippen molar-refractivity contribution >= 4 is 46.4 Å². The molecule has 1 saturated heterocycles. The zero-order valence-electron chi connectivity index (χ0n) is 15.9. The minimum absolute atomic E-state index is 0.0229.